The van der Waals surface area contributed by atoms with Crippen molar-refractivity contribution in [2.24, 2.45) is 0 Å². The van der Waals surface area contributed by atoms with Gasteiger partial charge in [-0.15, -0.1) is 0 Å². The first-order valence-electron chi connectivity index (χ1n) is 5.08. The van der Waals surface area contributed by atoms with Gasteiger partial charge in [-0.25, -0.2) is 9.18 Å². The fourth-order valence-corrected chi connectivity index (χ4v) is 1.52. The van der Waals surface area contributed by atoms with Gasteiger partial charge in [-0.2, -0.15) is 0 Å². The number of halogens is 1. The Labute approximate surface area is 94.2 Å². The van der Waals surface area contributed by atoms with Gasteiger partial charge in [0.15, 0.2) is 0 Å². The predicted octanol–water partition coefficient (Wildman–Crippen LogP) is 2.57. The Kier molecular flexibility index (Phi) is 4.28. The molecule has 0 radical (unpaired) electrons. The van der Waals surface area contributed by atoms with Gasteiger partial charge in [0, 0.05) is 0 Å². The molecule has 0 saturated heterocycles. The number of ether oxygens (including phenoxy) is 2. The summed E-state index contributed by atoms with van der Waals surface area (Å²) in [4.78, 5) is 11.3. The molecule has 1 aromatic carbocycles. The number of methoxy groups -OCH3 is 2. The summed E-state index contributed by atoms with van der Waals surface area (Å²) < 4.78 is 23.2. The van der Waals surface area contributed by atoms with E-state index >= 15 is 0 Å². The van der Waals surface area contributed by atoms with E-state index in [9.17, 15) is 9.18 Å². The molecule has 0 N–H and O–H groups in total. The Morgan fingerprint density at radius 2 is 2.06 bits per heavy atom. The molecule has 0 amide bonds. The summed E-state index contributed by atoms with van der Waals surface area (Å²) >= 11 is 0. The van der Waals surface area contributed by atoms with Crippen molar-refractivity contribution < 1.29 is 18.7 Å². The van der Waals surface area contributed by atoms with Crippen molar-refractivity contribution in [2.45, 2.75) is 19.8 Å². The van der Waals surface area contributed by atoms with Gasteiger partial charge in [0.1, 0.15) is 11.6 Å². The predicted molar refractivity (Wildman–Crippen MR) is 58.3 cm³/mol. The fraction of sp³-hybridized carbons (Fsp3) is 0.417. The number of hydrogen-bond acceptors (Lipinski definition) is 3. The molecule has 0 aromatic heterocycles. The van der Waals surface area contributed by atoms with E-state index in [1.165, 1.54) is 26.4 Å². The normalized spacial score (nSPS) is 10.0. The quantitative estimate of drug-likeness (QED) is 0.740. The molecule has 0 aliphatic carbocycles. The minimum Gasteiger partial charge on any atom is -0.496 e. The van der Waals surface area contributed by atoms with Crippen LogP contribution < -0.4 is 4.74 Å². The summed E-state index contributed by atoms with van der Waals surface area (Å²) in [6, 6.07) is 2.71. The summed E-state index contributed by atoms with van der Waals surface area (Å²) in [5.74, 6) is -0.751. The lowest BCUT2D eigenvalue weighted by Crippen LogP contribution is -2.06. The van der Waals surface area contributed by atoms with E-state index in [4.69, 9.17) is 4.74 Å². The maximum atomic E-state index is 13.6. The smallest absolute Gasteiger partial charge is 0.340 e. The molecule has 0 unspecified atom stereocenters. The first-order chi connectivity index (χ1) is 7.63. The number of carbonyl (C=O) groups is 1. The van der Waals surface area contributed by atoms with Crippen LogP contribution in [0.5, 0.6) is 5.75 Å². The SMILES string of the molecule is CCCc1cc(F)c(C(=O)OC)cc1OC. The van der Waals surface area contributed by atoms with Gasteiger partial charge in [0.2, 0.25) is 0 Å². The minimum atomic E-state index is -0.696. The molecule has 0 atom stereocenters. The van der Waals surface area contributed by atoms with Crippen LogP contribution in [0.25, 0.3) is 0 Å². The van der Waals surface area contributed by atoms with Gasteiger partial charge in [0.25, 0.3) is 0 Å². The van der Waals surface area contributed by atoms with Crippen LogP contribution in [-0.4, -0.2) is 20.2 Å². The first-order valence-corrected chi connectivity index (χ1v) is 5.08. The van der Waals surface area contributed by atoms with Crippen LogP contribution in [0.15, 0.2) is 12.1 Å². The molecule has 3 nitrogen and oxygen atoms in total. The molecule has 1 rings (SSSR count). The molecule has 0 aliphatic rings. The molecule has 0 aliphatic heterocycles. The van der Waals surface area contributed by atoms with Crippen molar-refractivity contribution in [2.75, 3.05) is 14.2 Å². The lowest BCUT2D eigenvalue weighted by atomic mass is 10.1. The molecular formula is C12H15FO3. The highest BCUT2D eigenvalue weighted by molar-refractivity contribution is 5.90. The van der Waals surface area contributed by atoms with Crippen molar-refractivity contribution in [1.82, 2.24) is 0 Å². The van der Waals surface area contributed by atoms with Crippen LogP contribution in [0.1, 0.15) is 29.3 Å². The summed E-state index contributed by atoms with van der Waals surface area (Å²) in [6.45, 7) is 1.99. The van der Waals surface area contributed by atoms with Gasteiger partial charge >= 0.3 is 5.97 Å². The highest BCUT2D eigenvalue weighted by Crippen LogP contribution is 2.24. The number of hydrogen-bond donors (Lipinski definition) is 0. The Morgan fingerprint density at radius 1 is 1.38 bits per heavy atom. The standard InChI is InChI=1S/C12H15FO3/c1-4-5-8-6-10(13)9(12(14)16-3)7-11(8)15-2/h6-7H,4-5H2,1-3H3. The molecule has 16 heavy (non-hydrogen) atoms. The lowest BCUT2D eigenvalue weighted by Gasteiger charge is -2.10. The Hall–Kier alpha value is -1.58. The van der Waals surface area contributed by atoms with Crippen molar-refractivity contribution in [3.05, 3.63) is 29.1 Å². The van der Waals surface area contributed by atoms with Crippen molar-refractivity contribution in [3.8, 4) is 5.75 Å². The van der Waals surface area contributed by atoms with Crippen LogP contribution >= 0.6 is 0 Å². The van der Waals surface area contributed by atoms with E-state index in [2.05, 4.69) is 4.74 Å². The Balaban J connectivity index is 3.20. The number of aryl methyl sites for hydroxylation is 1. The number of esters is 1. The second-order valence-corrected chi connectivity index (χ2v) is 3.39. The van der Waals surface area contributed by atoms with Crippen LogP contribution in [0.2, 0.25) is 0 Å². The highest BCUT2D eigenvalue weighted by atomic mass is 19.1. The second kappa shape index (κ2) is 5.49. The first kappa shape index (κ1) is 12.5. The maximum absolute atomic E-state index is 13.6. The van der Waals surface area contributed by atoms with Crippen LogP contribution in [0.4, 0.5) is 4.39 Å². The molecule has 88 valence electrons. The zero-order valence-electron chi connectivity index (χ0n) is 9.67. The highest BCUT2D eigenvalue weighted by Gasteiger charge is 2.16. The third kappa shape index (κ3) is 2.51. The van der Waals surface area contributed by atoms with Gasteiger partial charge in [-0.3, -0.25) is 0 Å². The Bertz CT molecular complexity index is 388. The second-order valence-electron chi connectivity index (χ2n) is 3.39. The largest absolute Gasteiger partial charge is 0.496 e. The van der Waals surface area contributed by atoms with Crippen molar-refractivity contribution in [1.29, 1.82) is 0 Å². The summed E-state index contributed by atoms with van der Waals surface area (Å²) in [7, 11) is 2.71. The van der Waals surface area contributed by atoms with Crippen molar-refractivity contribution in [3.63, 3.8) is 0 Å². The number of benzene rings is 1. The zero-order chi connectivity index (χ0) is 12.1. The summed E-state index contributed by atoms with van der Waals surface area (Å²) in [5.41, 5.74) is 0.661. The van der Waals surface area contributed by atoms with E-state index in [0.717, 1.165) is 12.0 Å². The molecular weight excluding hydrogens is 211 g/mol. The molecule has 0 saturated carbocycles. The third-order valence-corrected chi connectivity index (χ3v) is 2.29. The zero-order valence-corrected chi connectivity index (χ0v) is 9.67. The van der Waals surface area contributed by atoms with E-state index in [0.29, 0.717) is 12.2 Å². The number of rotatable bonds is 4. The topological polar surface area (TPSA) is 35.5 Å². The molecule has 1 aromatic rings. The minimum absolute atomic E-state index is 0.0980. The molecule has 0 spiro atoms. The van der Waals surface area contributed by atoms with Gasteiger partial charge in [-0.05, 0) is 24.1 Å². The van der Waals surface area contributed by atoms with Gasteiger partial charge < -0.3 is 9.47 Å². The van der Waals surface area contributed by atoms with Gasteiger partial charge in [-0.1, -0.05) is 13.3 Å². The molecule has 4 heteroatoms. The monoisotopic (exact) mass is 226 g/mol. The Morgan fingerprint density at radius 3 is 2.56 bits per heavy atom. The maximum Gasteiger partial charge on any atom is 0.340 e. The van der Waals surface area contributed by atoms with E-state index in [-0.39, 0.29) is 5.56 Å². The summed E-state index contributed by atoms with van der Waals surface area (Å²) in [6.07, 6.45) is 1.59. The van der Waals surface area contributed by atoms with E-state index < -0.39 is 11.8 Å². The van der Waals surface area contributed by atoms with E-state index in [1.807, 2.05) is 6.92 Å². The van der Waals surface area contributed by atoms with Crippen LogP contribution in [0, 0.1) is 5.82 Å². The average molecular weight is 226 g/mol. The summed E-state index contributed by atoms with van der Waals surface area (Å²) in [5, 5.41) is 0. The fourth-order valence-electron chi connectivity index (χ4n) is 1.52. The lowest BCUT2D eigenvalue weighted by molar-refractivity contribution is 0.0595. The van der Waals surface area contributed by atoms with Crippen molar-refractivity contribution >= 4 is 5.97 Å². The van der Waals surface area contributed by atoms with E-state index in [1.54, 1.807) is 0 Å². The van der Waals surface area contributed by atoms with Gasteiger partial charge in [0.05, 0.1) is 19.8 Å². The average Bonchev–Trinajstić information content (AvgIpc) is 2.29. The molecule has 0 heterocycles. The number of carbonyl (C=O) groups excluding carboxylic acids is 1. The van der Waals surface area contributed by atoms with Crippen LogP contribution in [-0.2, 0) is 11.2 Å². The molecule has 0 bridgehead atoms. The molecule has 0 fully saturated rings. The third-order valence-electron chi connectivity index (χ3n) is 2.29. The van der Waals surface area contributed by atoms with Crippen LogP contribution in [0.3, 0.4) is 0 Å².